The van der Waals surface area contributed by atoms with Crippen LogP contribution in [0.15, 0.2) is 66.7 Å². The summed E-state index contributed by atoms with van der Waals surface area (Å²) in [5.74, 6) is 0.474. The summed E-state index contributed by atoms with van der Waals surface area (Å²) in [5, 5.41) is 13.5. The number of esters is 1. The lowest BCUT2D eigenvalue weighted by molar-refractivity contribution is -0.134. The van der Waals surface area contributed by atoms with Crippen molar-refractivity contribution in [1.29, 1.82) is 0 Å². The monoisotopic (exact) mass is 433 g/mol. The van der Waals surface area contributed by atoms with E-state index >= 15 is 0 Å². The number of carbonyl (C=O) groups excluding carboxylic acids is 2. The van der Waals surface area contributed by atoms with Gasteiger partial charge in [-0.2, -0.15) is 0 Å². The summed E-state index contributed by atoms with van der Waals surface area (Å²) in [7, 11) is 0. The number of nitrogens with two attached hydrogens (primary N) is 1. The van der Waals surface area contributed by atoms with E-state index in [9.17, 15) is 9.59 Å². The molecule has 1 atom stereocenters. The van der Waals surface area contributed by atoms with Gasteiger partial charge in [0, 0.05) is 11.6 Å². The quantitative estimate of drug-likeness (QED) is 0.356. The van der Waals surface area contributed by atoms with Gasteiger partial charge >= 0.3 is 12.0 Å². The highest BCUT2D eigenvalue weighted by atomic mass is 16.5. The molecule has 166 valence electrons. The highest BCUT2D eigenvalue weighted by Gasteiger charge is 2.16. The Morgan fingerprint density at radius 2 is 1.66 bits per heavy atom. The van der Waals surface area contributed by atoms with Gasteiger partial charge in [0.05, 0.1) is 17.8 Å². The molecule has 3 rings (SSSR count). The van der Waals surface area contributed by atoms with E-state index in [1.807, 2.05) is 44.2 Å². The van der Waals surface area contributed by atoms with Crippen LogP contribution in [-0.2, 0) is 4.79 Å². The molecule has 0 spiro atoms. The van der Waals surface area contributed by atoms with Gasteiger partial charge in [0.2, 0.25) is 0 Å². The Labute approximate surface area is 187 Å². The lowest BCUT2D eigenvalue weighted by Gasteiger charge is -2.15. The first-order valence-electron chi connectivity index (χ1n) is 10.4. The van der Waals surface area contributed by atoms with Crippen molar-refractivity contribution in [2.24, 2.45) is 11.7 Å². The van der Waals surface area contributed by atoms with Crippen molar-refractivity contribution in [3.05, 3.63) is 66.7 Å². The van der Waals surface area contributed by atoms with Crippen LogP contribution in [0.2, 0.25) is 0 Å². The summed E-state index contributed by atoms with van der Waals surface area (Å²) in [6, 6.07) is 18.9. The zero-order valence-corrected chi connectivity index (χ0v) is 18.1. The minimum atomic E-state index is -0.535. The first-order valence-corrected chi connectivity index (χ1v) is 10.4. The lowest BCUT2D eigenvalue weighted by atomic mass is 10.0. The number of carbonyl (C=O) groups is 2. The molecule has 0 bridgehead atoms. The minimum absolute atomic E-state index is 0.0993. The number of benzene rings is 2. The summed E-state index contributed by atoms with van der Waals surface area (Å²) in [5.41, 5.74) is 7.97. The number of nitrogens with zero attached hydrogens (tertiary/aromatic N) is 2. The predicted molar refractivity (Wildman–Crippen MR) is 124 cm³/mol. The highest BCUT2D eigenvalue weighted by molar-refractivity contribution is 6.00. The number of rotatable bonds is 8. The highest BCUT2D eigenvalue weighted by Crippen LogP contribution is 2.25. The number of hydrogen-bond acceptors (Lipinski definition) is 6. The zero-order chi connectivity index (χ0) is 22.9. The number of urea groups is 1. The topological polar surface area (TPSA) is 119 Å². The summed E-state index contributed by atoms with van der Waals surface area (Å²) >= 11 is 0. The molecule has 32 heavy (non-hydrogen) atoms. The summed E-state index contributed by atoms with van der Waals surface area (Å²) in [4.78, 5) is 24.7. The van der Waals surface area contributed by atoms with Crippen molar-refractivity contribution < 1.29 is 14.3 Å². The third-order valence-electron chi connectivity index (χ3n) is 4.54. The van der Waals surface area contributed by atoms with Crippen molar-refractivity contribution in [2.75, 3.05) is 10.6 Å². The maximum absolute atomic E-state index is 12.4. The van der Waals surface area contributed by atoms with Gasteiger partial charge in [0.15, 0.2) is 11.6 Å². The lowest BCUT2D eigenvalue weighted by Crippen LogP contribution is -2.28. The van der Waals surface area contributed by atoms with Gasteiger partial charge in [-0.05, 0) is 36.6 Å². The van der Waals surface area contributed by atoms with Gasteiger partial charge in [-0.15, -0.1) is 10.2 Å². The molecule has 0 saturated carbocycles. The Hall–Kier alpha value is -3.78. The SMILES string of the molecule is CC(C)CC(N)CC(=O)Oc1ccccc1NC(=O)Nc1ccc(-c2ccccc2)nn1. The Morgan fingerprint density at radius 1 is 0.938 bits per heavy atom. The third kappa shape index (κ3) is 6.88. The van der Waals surface area contributed by atoms with E-state index in [4.69, 9.17) is 10.5 Å². The van der Waals surface area contributed by atoms with Crippen LogP contribution in [0.4, 0.5) is 16.3 Å². The number of aromatic nitrogens is 2. The number of ether oxygens (including phenoxy) is 1. The molecular formula is C24H27N5O3. The molecule has 1 heterocycles. The van der Waals surface area contributed by atoms with Crippen molar-refractivity contribution in [3.8, 4) is 17.0 Å². The van der Waals surface area contributed by atoms with Gasteiger partial charge in [-0.3, -0.25) is 10.1 Å². The summed E-state index contributed by atoms with van der Waals surface area (Å²) in [6.45, 7) is 4.09. The number of anilines is 2. The summed E-state index contributed by atoms with van der Waals surface area (Å²) in [6.07, 6.45) is 0.823. The third-order valence-corrected chi connectivity index (χ3v) is 4.54. The molecule has 1 aromatic heterocycles. The maximum Gasteiger partial charge on any atom is 0.325 e. The fraction of sp³-hybridized carbons (Fsp3) is 0.250. The van der Waals surface area contributed by atoms with E-state index < -0.39 is 12.0 Å². The van der Waals surface area contributed by atoms with Crippen LogP contribution in [0.3, 0.4) is 0 Å². The van der Waals surface area contributed by atoms with Crippen molar-refractivity contribution in [2.45, 2.75) is 32.7 Å². The predicted octanol–water partition coefficient (Wildman–Crippen LogP) is 4.46. The molecule has 0 radical (unpaired) electrons. The van der Waals surface area contributed by atoms with Crippen molar-refractivity contribution in [3.63, 3.8) is 0 Å². The van der Waals surface area contributed by atoms with E-state index in [1.165, 1.54) is 0 Å². The van der Waals surface area contributed by atoms with Crippen LogP contribution in [0.25, 0.3) is 11.3 Å². The van der Waals surface area contributed by atoms with Gasteiger partial charge in [0.25, 0.3) is 0 Å². The molecular weight excluding hydrogens is 406 g/mol. The van der Waals surface area contributed by atoms with Crippen LogP contribution in [0, 0.1) is 5.92 Å². The molecule has 8 heteroatoms. The average molecular weight is 434 g/mol. The molecule has 4 N–H and O–H groups in total. The molecule has 2 aromatic carbocycles. The molecule has 0 aliphatic heterocycles. The van der Waals surface area contributed by atoms with Gasteiger partial charge < -0.3 is 15.8 Å². The fourth-order valence-corrected chi connectivity index (χ4v) is 3.16. The maximum atomic E-state index is 12.4. The standard InChI is InChI=1S/C24H27N5O3/c1-16(2)14-18(25)15-23(30)32-21-11-7-6-10-20(21)26-24(31)27-22-13-12-19(28-29-22)17-8-4-3-5-9-17/h3-13,16,18H,14-15,25H2,1-2H3,(H2,26,27,29,31). The fourth-order valence-electron chi connectivity index (χ4n) is 3.16. The van der Waals surface area contributed by atoms with Crippen LogP contribution in [0.5, 0.6) is 5.75 Å². The van der Waals surface area contributed by atoms with Gasteiger partial charge in [-0.25, -0.2) is 4.79 Å². The molecule has 0 saturated heterocycles. The Kier molecular flexibility index (Phi) is 7.88. The minimum Gasteiger partial charge on any atom is -0.424 e. The number of nitrogens with one attached hydrogen (secondary N) is 2. The Morgan fingerprint density at radius 3 is 2.34 bits per heavy atom. The normalized spacial score (nSPS) is 11.6. The summed E-state index contributed by atoms with van der Waals surface area (Å²) < 4.78 is 5.42. The second-order valence-electron chi connectivity index (χ2n) is 7.81. The molecule has 8 nitrogen and oxygen atoms in total. The first-order chi connectivity index (χ1) is 15.4. The second kappa shape index (κ2) is 11.0. The van der Waals surface area contributed by atoms with Crippen LogP contribution in [0.1, 0.15) is 26.7 Å². The molecule has 1 unspecified atom stereocenters. The Balaban J connectivity index is 1.59. The van der Waals surface area contributed by atoms with E-state index in [0.717, 1.165) is 12.0 Å². The second-order valence-corrected chi connectivity index (χ2v) is 7.81. The van der Waals surface area contributed by atoms with Crippen LogP contribution >= 0.6 is 0 Å². The van der Waals surface area contributed by atoms with E-state index in [2.05, 4.69) is 20.8 Å². The van der Waals surface area contributed by atoms with Crippen LogP contribution in [-0.4, -0.2) is 28.2 Å². The van der Waals surface area contributed by atoms with Crippen LogP contribution < -0.4 is 21.1 Å². The molecule has 0 aliphatic carbocycles. The van der Waals surface area contributed by atoms with Crippen molar-refractivity contribution >= 4 is 23.5 Å². The Bertz CT molecular complexity index is 1040. The first kappa shape index (κ1) is 22.9. The smallest absolute Gasteiger partial charge is 0.325 e. The molecule has 2 amide bonds. The van der Waals surface area contributed by atoms with Gasteiger partial charge in [0.1, 0.15) is 0 Å². The van der Waals surface area contributed by atoms with Crippen molar-refractivity contribution in [1.82, 2.24) is 10.2 Å². The van der Waals surface area contributed by atoms with E-state index in [-0.39, 0.29) is 24.0 Å². The number of para-hydroxylation sites is 2. The largest absolute Gasteiger partial charge is 0.424 e. The van der Waals surface area contributed by atoms with Gasteiger partial charge in [-0.1, -0.05) is 56.3 Å². The van der Waals surface area contributed by atoms with E-state index in [1.54, 1.807) is 36.4 Å². The van der Waals surface area contributed by atoms with E-state index in [0.29, 0.717) is 17.3 Å². The average Bonchev–Trinajstić information content (AvgIpc) is 2.75. The zero-order valence-electron chi connectivity index (χ0n) is 18.1. The molecule has 0 aliphatic rings. The number of amides is 2. The molecule has 0 fully saturated rings. The number of hydrogen-bond donors (Lipinski definition) is 3. The molecule has 3 aromatic rings.